The van der Waals surface area contributed by atoms with Crippen LogP contribution in [0, 0.1) is 0 Å². The molecule has 0 aliphatic carbocycles. The molecule has 8 aromatic carbocycles. The summed E-state index contributed by atoms with van der Waals surface area (Å²) in [6.45, 7) is 21.6. The van der Waals surface area contributed by atoms with Crippen LogP contribution in [0.5, 0.6) is 23.0 Å². The lowest BCUT2D eigenvalue weighted by atomic mass is 9.83. The Hall–Kier alpha value is -6.20. The van der Waals surface area contributed by atoms with Crippen LogP contribution < -0.4 is 14.4 Å². The normalized spacial score (nSPS) is 13.6. The zero-order valence-corrected chi connectivity index (χ0v) is 35.7. The molecule has 0 aromatic heterocycles. The number of rotatable bonds is 7. The predicted octanol–water partition coefficient (Wildman–Crippen LogP) is 15.0. The van der Waals surface area contributed by atoms with E-state index >= 15 is 9.59 Å². The van der Waals surface area contributed by atoms with Crippen LogP contribution in [0.1, 0.15) is 124 Å². The average molecular weight is 778 g/mol. The van der Waals surface area contributed by atoms with Crippen LogP contribution in [-0.2, 0) is 10.8 Å². The van der Waals surface area contributed by atoms with Crippen molar-refractivity contribution < 1.29 is 19.1 Å². The molecule has 0 radical (unpaired) electrons. The molecule has 296 valence electrons. The number of para-hydroxylation sites is 1. The number of nitrogens with zero attached hydrogens (tertiary/aromatic N) is 1. The van der Waals surface area contributed by atoms with Gasteiger partial charge in [-0.3, -0.25) is 9.59 Å². The van der Waals surface area contributed by atoms with E-state index < -0.39 is 0 Å². The second-order valence-electron chi connectivity index (χ2n) is 18.8. The van der Waals surface area contributed by atoms with Gasteiger partial charge in [-0.05, 0) is 103 Å². The van der Waals surface area contributed by atoms with Gasteiger partial charge in [-0.1, -0.05) is 148 Å². The van der Waals surface area contributed by atoms with Crippen molar-refractivity contribution in [3.8, 4) is 23.0 Å². The molecular formula is C54H51NO4. The summed E-state index contributed by atoms with van der Waals surface area (Å²) in [4.78, 5) is 32.2. The molecule has 5 nitrogen and oxygen atoms in total. The zero-order valence-electron chi connectivity index (χ0n) is 35.7. The maximum atomic E-state index is 15.4. The summed E-state index contributed by atoms with van der Waals surface area (Å²) < 4.78 is 13.9. The second kappa shape index (κ2) is 13.7. The number of fused-ring (bicyclic) bond motifs is 2. The molecule has 1 aliphatic rings. The largest absolute Gasteiger partial charge is 0.457 e. The maximum Gasteiger partial charge on any atom is 0.266 e. The third kappa shape index (κ3) is 6.21. The summed E-state index contributed by atoms with van der Waals surface area (Å²) in [5, 5.41) is 7.15. The molecule has 0 saturated heterocycles. The molecule has 0 spiro atoms. The first-order valence-corrected chi connectivity index (χ1v) is 20.8. The number of anilines is 1. The first-order chi connectivity index (χ1) is 28.0. The minimum absolute atomic E-state index is 0.0324. The van der Waals surface area contributed by atoms with E-state index in [2.05, 4.69) is 130 Å². The highest BCUT2D eigenvalue weighted by atomic mass is 16.5. The Bertz CT molecular complexity index is 2790. The number of hydrogen-bond donors (Lipinski definition) is 0. The van der Waals surface area contributed by atoms with Crippen molar-refractivity contribution in [3.63, 3.8) is 0 Å². The van der Waals surface area contributed by atoms with Crippen molar-refractivity contribution in [2.75, 3.05) is 4.90 Å². The van der Waals surface area contributed by atoms with Crippen molar-refractivity contribution >= 4 is 60.6 Å². The molecule has 0 N–H and O–H groups in total. The minimum atomic E-state index is -0.369. The fourth-order valence-corrected chi connectivity index (χ4v) is 8.98. The summed E-state index contributed by atoms with van der Waals surface area (Å²) in [7, 11) is 0. The van der Waals surface area contributed by atoms with Crippen molar-refractivity contribution in [2.45, 2.75) is 91.9 Å². The third-order valence-electron chi connectivity index (χ3n) is 12.1. The highest BCUT2D eigenvalue weighted by molar-refractivity contribution is 6.44. The molecule has 0 bridgehead atoms. The van der Waals surface area contributed by atoms with E-state index in [0.29, 0.717) is 45.2 Å². The molecule has 0 atom stereocenters. The fourth-order valence-electron chi connectivity index (χ4n) is 8.98. The number of carbonyl (C=O) groups is 2. The standard InChI is InChI=1S/C54H51NO4/c1-30(2)37-16-13-17-38(31(3)4)50(37)55-51(56)41-28-43(58-35-24-20-33(21-25-35)53(5,6)7)47-39-18-11-14-32-15-12-19-40(45(32)39)48-44(29-42(52(55)57)46(41)49(47)48)59-36-26-22-34(23-27-36)54(8,9)10/h11-31H,1-10H3. The summed E-state index contributed by atoms with van der Waals surface area (Å²) >= 11 is 0. The van der Waals surface area contributed by atoms with E-state index in [-0.39, 0.29) is 34.5 Å². The Morgan fingerprint density at radius 1 is 0.475 bits per heavy atom. The van der Waals surface area contributed by atoms with Crippen molar-refractivity contribution in [1.82, 2.24) is 0 Å². The van der Waals surface area contributed by atoms with Gasteiger partial charge < -0.3 is 9.47 Å². The van der Waals surface area contributed by atoms with Gasteiger partial charge in [0.15, 0.2) is 0 Å². The first-order valence-electron chi connectivity index (χ1n) is 20.8. The Labute approximate surface area is 346 Å². The van der Waals surface area contributed by atoms with Gasteiger partial charge in [0.05, 0.1) is 16.8 Å². The molecule has 1 heterocycles. The third-order valence-corrected chi connectivity index (χ3v) is 12.1. The number of carbonyl (C=O) groups excluding carboxylic acids is 2. The van der Waals surface area contributed by atoms with Crippen LogP contribution in [0.15, 0.2) is 115 Å². The topological polar surface area (TPSA) is 55.8 Å². The molecule has 59 heavy (non-hydrogen) atoms. The Balaban J connectivity index is 1.40. The molecule has 0 saturated carbocycles. The SMILES string of the molecule is CC(C)c1cccc(C(C)C)c1N1C(=O)c2cc(Oc3ccc(C(C)(C)C)cc3)c3c4cccc5cccc(c6c(Oc7ccc(C(C)(C)C)cc7)cc(c2c36)C1=O)c54. The van der Waals surface area contributed by atoms with Crippen LogP contribution in [0.3, 0.4) is 0 Å². The Morgan fingerprint density at radius 3 is 1.27 bits per heavy atom. The van der Waals surface area contributed by atoms with Crippen LogP contribution in [0.2, 0.25) is 0 Å². The molecule has 5 heteroatoms. The molecule has 0 unspecified atom stereocenters. The van der Waals surface area contributed by atoms with Crippen LogP contribution >= 0.6 is 0 Å². The summed E-state index contributed by atoms with van der Waals surface area (Å²) in [5.41, 5.74) is 5.70. The quantitative estimate of drug-likeness (QED) is 0.0919. The van der Waals surface area contributed by atoms with Crippen LogP contribution in [-0.4, -0.2) is 11.8 Å². The minimum Gasteiger partial charge on any atom is -0.457 e. The lowest BCUT2D eigenvalue weighted by molar-refractivity contribution is 0.0892. The summed E-state index contributed by atoms with van der Waals surface area (Å²) in [5.74, 6) is 1.78. The average Bonchev–Trinajstić information content (AvgIpc) is 3.19. The first kappa shape index (κ1) is 38.3. The van der Waals surface area contributed by atoms with Gasteiger partial charge in [0.25, 0.3) is 11.8 Å². The number of amides is 2. The number of ether oxygens (including phenoxy) is 2. The lowest BCUT2D eigenvalue weighted by Gasteiger charge is -2.33. The van der Waals surface area contributed by atoms with E-state index in [4.69, 9.17) is 9.47 Å². The molecule has 2 amide bonds. The molecule has 9 rings (SSSR count). The molecule has 0 fully saturated rings. The van der Waals surface area contributed by atoms with Crippen LogP contribution in [0.4, 0.5) is 5.69 Å². The Kier molecular flexibility index (Phi) is 8.90. The van der Waals surface area contributed by atoms with Gasteiger partial charge in [-0.25, -0.2) is 4.90 Å². The fraction of sp³-hybridized carbons (Fsp3) is 0.259. The van der Waals surface area contributed by atoms with Crippen LogP contribution in [0.25, 0.3) is 43.1 Å². The summed E-state index contributed by atoms with van der Waals surface area (Å²) in [6.07, 6.45) is 0. The maximum absolute atomic E-state index is 15.4. The van der Waals surface area contributed by atoms with E-state index in [1.165, 1.54) is 16.0 Å². The smallest absolute Gasteiger partial charge is 0.266 e. The highest BCUT2D eigenvalue weighted by Crippen LogP contribution is 2.53. The van der Waals surface area contributed by atoms with Crippen molar-refractivity contribution in [1.29, 1.82) is 0 Å². The highest BCUT2D eigenvalue weighted by Gasteiger charge is 2.40. The van der Waals surface area contributed by atoms with E-state index in [1.807, 2.05) is 54.6 Å². The summed E-state index contributed by atoms with van der Waals surface area (Å²) in [6, 6.07) is 38.8. The van der Waals surface area contributed by atoms with E-state index in [0.717, 1.165) is 48.8 Å². The monoisotopic (exact) mass is 777 g/mol. The number of hydrogen-bond acceptors (Lipinski definition) is 4. The van der Waals surface area contributed by atoms with Gasteiger partial charge in [-0.15, -0.1) is 0 Å². The zero-order chi connectivity index (χ0) is 41.7. The van der Waals surface area contributed by atoms with E-state index in [1.54, 1.807) is 0 Å². The second-order valence-corrected chi connectivity index (χ2v) is 18.8. The van der Waals surface area contributed by atoms with Gasteiger partial charge >= 0.3 is 0 Å². The van der Waals surface area contributed by atoms with Gasteiger partial charge in [-0.2, -0.15) is 0 Å². The van der Waals surface area contributed by atoms with Crippen molar-refractivity contribution in [2.24, 2.45) is 0 Å². The predicted molar refractivity (Wildman–Crippen MR) is 244 cm³/mol. The van der Waals surface area contributed by atoms with Crippen molar-refractivity contribution in [3.05, 3.63) is 149 Å². The lowest BCUT2D eigenvalue weighted by Crippen LogP contribution is -2.42. The molecular weight excluding hydrogens is 727 g/mol. The van der Waals surface area contributed by atoms with Gasteiger partial charge in [0, 0.05) is 21.5 Å². The van der Waals surface area contributed by atoms with E-state index in [9.17, 15) is 0 Å². The van der Waals surface area contributed by atoms with Gasteiger partial charge in [0.2, 0.25) is 0 Å². The number of imide groups is 1. The molecule has 8 aromatic rings. The number of benzene rings is 8. The molecule has 1 aliphatic heterocycles. The van der Waals surface area contributed by atoms with Gasteiger partial charge in [0.1, 0.15) is 23.0 Å². The Morgan fingerprint density at radius 2 is 0.881 bits per heavy atom.